The fourth-order valence-corrected chi connectivity index (χ4v) is 5.93. The fraction of sp³-hybridized carbons (Fsp3) is 0.375. The monoisotopic (exact) mass is 454 g/mol. The number of aromatic nitrogens is 1. The van der Waals surface area contributed by atoms with Crippen molar-refractivity contribution >= 4 is 45.0 Å². The quantitative estimate of drug-likeness (QED) is 0.462. The molecular formula is C24H26N2O3S2. The van der Waals surface area contributed by atoms with Crippen molar-refractivity contribution < 1.29 is 14.3 Å². The molecular weight excluding hydrogens is 428 g/mol. The first-order valence-electron chi connectivity index (χ1n) is 10.4. The molecule has 3 aromatic rings. The van der Waals surface area contributed by atoms with Crippen LogP contribution in [0.4, 0.5) is 0 Å². The second-order valence-corrected chi connectivity index (χ2v) is 9.80. The van der Waals surface area contributed by atoms with E-state index in [0.717, 1.165) is 42.8 Å². The smallest absolute Gasteiger partial charge is 0.232 e. The summed E-state index contributed by atoms with van der Waals surface area (Å²) in [6.45, 7) is 3.12. The van der Waals surface area contributed by atoms with Gasteiger partial charge in [-0.15, -0.1) is 23.1 Å². The first-order chi connectivity index (χ1) is 15.0. The summed E-state index contributed by atoms with van der Waals surface area (Å²) >= 11 is 3.34. The van der Waals surface area contributed by atoms with Crippen molar-refractivity contribution in [2.24, 2.45) is 0 Å². The lowest BCUT2D eigenvalue weighted by Crippen LogP contribution is -2.38. The Hall–Kier alpha value is -2.38. The highest BCUT2D eigenvalue weighted by atomic mass is 32.2. The molecule has 2 heterocycles. The summed E-state index contributed by atoms with van der Waals surface area (Å²) in [7, 11) is 1.62. The predicted molar refractivity (Wildman–Crippen MR) is 127 cm³/mol. The molecule has 162 valence electrons. The van der Waals surface area contributed by atoms with E-state index in [9.17, 15) is 9.59 Å². The molecule has 0 atom stereocenters. The standard InChI is InChI=1S/C24H26N2O3S2/c1-16(27)18-7-8-21(29-2)19(13-18)14-30-15-23(28)26-11-9-17(10-12-26)24-25-20-5-3-4-6-22(20)31-24/h3-8,13,17H,9-12,14-15H2,1-2H3. The highest BCUT2D eigenvalue weighted by Gasteiger charge is 2.25. The molecule has 1 fully saturated rings. The number of hydrogen-bond acceptors (Lipinski definition) is 6. The van der Waals surface area contributed by atoms with Gasteiger partial charge >= 0.3 is 0 Å². The van der Waals surface area contributed by atoms with E-state index < -0.39 is 0 Å². The van der Waals surface area contributed by atoms with Gasteiger partial charge in [0, 0.05) is 35.9 Å². The van der Waals surface area contributed by atoms with Gasteiger partial charge in [-0.05, 0) is 50.1 Å². The molecule has 7 heteroatoms. The second kappa shape index (κ2) is 9.83. The van der Waals surface area contributed by atoms with E-state index in [1.165, 1.54) is 9.71 Å². The van der Waals surface area contributed by atoms with Crippen LogP contribution in [0.5, 0.6) is 5.75 Å². The maximum atomic E-state index is 12.7. The number of likely N-dealkylation sites (tertiary alicyclic amines) is 1. The van der Waals surface area contributed by atoms with Crippen LogP contribution in [0.2, 0.25) is 0 Å². The molecule has 1 aliphatic heterocycles. The second-order valence-electron chi connectivity index (χ2n) is 7.75. The Morgan fingerprint density at radius 2 is 1.97 bits per heavy atom. The molecule has 0 unspecified atom stereocenters. The highest BCUT2D eigenvalue weighted by molar-refractivity contribution is 7.99. The van der Waals surface area contributed by atoms with Crippen LogP contribution in [0.15, 0.2) is 42.5 Å². The van der Waals surface area contributed by atoms with Crippen molar-refractivity contribution in [3.8, 4) is 5.75 Å². The summed E-state index contributed by atoms with van der Waals surface area (Å²) in [6.07, 6.45) is 1.93. The summed E-state index contributed by atoms with van der Waals surface area (Å²) in [6, 6.07) is 13.7. The third kappa shape index (κ3) is 5.10. The number of Topliss-reactive ketones (excluding diaryl/α,β-unsaturated/α-hetero) is 1. The Kier molecular flexibility index (Phi) is 6.92. The summed E-state index contributed by atoms with van der Waals surface area (Å²) in [5.41, 5.74) is 2.68. The number of thiazole rings is 1. The lowest BCUT2D eigenvalue weighted by atomic mass is 9.97. The zero-order chi connectivity index (χ0) is 21.8. The number of nitrogens with zero attached hydrogens (tertiary/aromatic N) is 2. The molecule has 1 saturated heterocycles. The lowest BCUT2D eigenvalue weighted by Gasteiger charge is -2.31. The van der Waals surface area contributed by atoms with Gasteiger partial charge < -0.3 is 9.64 Å². The van der Waals surface area contributed by atoms with Gasteiger partial charge in [0.1, 0.15) is 5.75 Å². The van der Waals surface area contributed by atoms with Crippen LogP contribution in [-0.4, -0.2) is 47.5 Å². The molecule has 0 spiro atoms. The van der Waals surface area contributed by atoms with Crippen molar-refractivity contribution in [2.45, 2.75) is 31.4 Å². The number of ketones is 1. The number of ether oxygens (including phenoxy) is 1. The van der Waals surface area contributed by atoms with E-state index >= 15 is 0 Å². The molecule has 0 aliphatic carbocycles. The summed E-state index contributed by atoms with van der Waals surface area (Å²) < 4.78 is 6.64. The van der Waals surface area contributed by atoms with Crippen LogP contribution in [0.3, 0.4) is 0 Å². The molecule has 0 radical (unpaired) electrons. The number of methoxy groups -OCH3 is 1. The Morgan fingerprint density at radius 3 is 2.68 bits per heavy atom. The van der Waals surface area contributed by atoms with E-state index in [-0.39, 0.29) is 11.7 Å². The molecule has 31 heavy (non-hydrogen) atoms. The molecule has 0 N–H and O–H groups in total. The van der Waals surface area contributed by atoms with Crippen LogP contribution in [0, 0.1) is 0 Å². The van der Waals surface area contributed by atoms with Crippen LogP contribution in [-0.2, 0) is 10.5 Å². The molecule has 2 aromatic carbocycles. The number of rotatable bonds is 7. The van der Waals surface area contributed by atoms with Gasteiger partial charge in [-0.1, -0.05) is 12.1 Å². The van der Waals surface area contributed by atoms with Gasteiger partial charge in [-0.3, -0.25) is 9.59 Å². The van der Waals surface area contributed by atoms with E-state index in [4.69, 9.17) is 9.72 Å². The maximum Gasteiger partial charge on any atom is 0.232 e. The number of amides is 1. The number of thioether (sulfide) groups is 1. The van der Waals surface area contributed by atoms with Crippen molar-refractivity contribution in [1.82, 2.24) is 9.88 Å². The van der Waals surface area contributed by atoms with Crippen LogP contribution < -0.4 is 4.74 Å². The molecule has 1 aromatic heterocycles. The Balaban J connectivity index is 1.28. The van der Waals surface area contributed by atoms with Crippen molar-refractivity contribution in [1.29, 1.82) is 0 Å². The minimum absolute atomic E-state index is 0.0287. The SMILES string of the molecule is COc1ccc(C(C)=O)cc1CSCC(=O)N1CCC(c2nc3ccccc3s2)CC1. The third-order valence-electron chi connectivity index (χ3n) is 5.68. The van der Waals surface area contributed by atoms with Crippen molar-refractivity contribution in [2.75, 3.05) is 26.0 Å². The van der Waals surface area contributed by atoms with Gasteiger partial charge in [0.25, 0.3) is 0 Å². The first kappa shape index (κ1) is 21.8. The van der Waals surface area contributed by atoms with Gasteiger partial charge in [0.2, 0.25) is 5.91 Å². The first-order valence-corrected chi connectivity index (χ1v) is 12.4. The third-order valence-corrected chi connectivity index (χ3v) is 7.84. The summed E-state index contributed by atoms with van der Waals surface area (Å²) in [5.74, 6) is 2.46. The molecule has 0 bridgehead atoms. The summed E-state index contributed by atoms with van der Waals surface area (Å²) in [5, 5.41) is 1.19. The minimum Gasteiger partial charge on any atom is -0.496 e. The average Bonchev–Trinajstić information content (AvgIpc) is 3.23. The topological polar surface area (TPSA) is 59.5 Å². The van der Waals surface area contributed by atoms with Crippen LogP contribution in [0.1, 0.15) is 46.6 Å². The number of fused-ring (bicyclic) bond motifs is 1. The predicted octanol–water partition coefficient (Wildman–Crippen LogP) is 5.15. The van der Waals surface area contributed by atoms with E-state index in [2.05, 4.69) is 18.2 Å². The highest BCUT2D eigenvalue weighted by Crippen LogP contribution is 2.34. The van der Waals surface area contributed by atoms with Crippen LogP contribution in [0.25, 0.3) is 10.2 Å². The number of piperidine rings is 1. The van der Waals surface area contributed by atoms with Crippen molar-refractivity contribution in [3.63, 3.8) is 0 Å². The maximum absolute atomic E-state index is 12.7. The number of carbonyl (C=O) groups excluding carboxylic acids is 2. The molecule has 0 saturated carbocycles. The largest absolute Gasteiger partial charge is 0.496 e. The zero-order valence-electron chi connectivity index (χ0n) is 17.8. The Bertz CT molecular complexity index is 1050. The van der Waals surface area contributed by atoms with Gasteiger partial charge in [-0.25, -0.2) is 4.98 Å². The van der Waals surface area contributed by atoms with Crippen LogP contribution >= 0.6 is 23.1 Å². The van der Waals surface area contributed by atoms with E-state index in [1.54, 1.807) is 43.2 Å². The minimum atomic E-state index is 0.0287. The van der Waals surface area contributed by atoms with Gasteiger partial charge in [0.15, 0.2) is 5.78 Å². The number of para-hydroxylation sites is 1. The Labute approximate surface area is 190 Å². The number of carbonyl (C=O) groups is 2. The fourth-order valence-electron chi connectivity index (χ4n) is 3.89. The lowest BCUT2D eigenvalue weighted by molar-refractivity contribution is -0.129. The van der Waals surface area contributed by atoms with Gasteiger partial charge in [0.05, 0.1) is 28.1 Å². The molecule has 1 amide bonds. The van der Waals surface area contributed by atoms with Crippen molar-refractivity contribution in [3.05, 3.63) is 58.6 Å². The van der Waals surface area contributed by atoms with Gasteiger partial charge in [-0.2, -0.15) is 0 Å². The molecule has 5 nitrogen and oxygen atoms in total. The Morgan fingerprint density at radius 1 is 1.19 bits per heavy atom. The normalized spacial score (nSPS) is 14.7. The number of benzene rings is 2. The summed E-state index contributed by atoms with van der Waals surface area (Å²) in [4.78, 5) is 31.1. The zero-order valence-corrected chi connectivity index (χ0v) is 19.4. The number of hydrogen-bond donors (Lipinski definition) is 0. The van der Waals surface area contributed by atoms with E-state index in [0.29, 0.717) is 23.0 Å². The average molecular weight is 455 g/mol. The molecule has 1 aliphatic rings. The molecule has 4 rings (SSSR count). The van der Waals surface area contributed by atoms with E-state index in [1.807, 2.05) is 23.1 Å².